The Bertz CT molecular complexity index is 592. The first kappa shape index (κ1) is 15.8. The van der Waals surface area contributed by atoms with Gasteiger partial charge in [-0.3, -0.25) is 0 Å². The Kier molecular flexibility index (Phi) is 6.02. The minimum Gasteiger partial charge on any atom is -0.494 e. The normalized spacial score (nSPS) is 10.6. The Morgan fingerprint density at radius 2 is 1.95 bits per heavy atom. The highest BCUT2D eigenvalue weighted by Gasteiger charge is 2.04. The Morgan fingerprint density at radius 1 is 1.10 bits per heavy atom. The van der Waals surface area contributed by atoms with Gasteiger partial charge in [-0.15, -0.1) is 11.8 Å². The van der Waals surface area contributed by atoms with Gasteiger partial charge in [-0.2, -0.15) is 0 Å². The van der Waals surface area contributed by atoms with E-state index in [4.69, 9.17) is 10.5 Å². The molecule has 0 amide bonds. The van der Waals surface area contributed by atoms with Crippen molar-refractivity contribution in [3.63, 3.8) is 0 Å². The quantitative estimate of drug-likeness (QED) is 0.620. The van der Waals surface area contributed by atoms with E-state index < -0.39 is 11.6 Å². The molecular weight excluding hydrogens is 292 g/mol. The van der Waals surface area contributed by atoms with Crippen LogP contribution in [0.5, 0.6) is 5.75 Å². The van der Waals surface area contributed by atoms with E-state index in [1.54, 1.807) is 0 Å². The number of nitrogens with two attached hydrogens (primary N) is 1. The van der Waals surface area contributed by atoms with Crippen LogP contribution < -0.4 is 10.5 Å². The number of ether oxygens (including phenoxy) is 1. The first-order valence-electron chi connectivity index (χ1n) is 6.68. The van der Waals surface area contributed by atoms with E-state index in [9.17, 15) is 8.78 Å². The van der Waals surface area contributed by atoms with Gasteiger partial charge < -0.3 is 10.5 Å². The molecule has 2 aromatic rings. The summed E-state index contributed by atoms with van der Waals surface area (Å²) in [6.45, 7) is 1.03. The summed E-state index contributed by atoms with van der Waals surface area (Å²) in [4.78, 5) is 0.460. The van der Waals surface area contributed by atoms with Gasteiger partial charge in [-0.25, -0.2) is 8.78 Å². The first-order valence-corrected chi connectivity index (χ1v) is 7.67. The predicted octanol–water partition coefficient (Wildman–Crippen LogP) is 3.98. The van der Waals surface area contributed by atoms with Crippen molar-refractivity contribution in [1.29, 1.82) is 0 Å². The van der Waals surface area contributed by atoms with Gasteiger partial charge >= 0.3 is 0 Å². The molecule has 0 atom stereocenters. The Balaban J connectivity index is 1.72. The van der Waals surface area contributed by atoms with Crippen LogP contribution in [-0.4, -0.2) is 12.4 Å². The Hall–Kier alpha value is -1.59. The molecule has 0 heterocycles. The van der Waals surface area contributed by atoms with Crippen LogP contribution in [-0.2, 0) is 6.54 Å². The fraction of sp³-hybridized carbons (Fsp3) is 0.250. The van der Waals surface area contributed by atoms with E-state index in [1.807, 2.05) is 24.3 Å². The van der Waals surface area contributed by atoms with Gasteiger partial charge in [-0.1, -0.05) is 12.1 Å². The summed E-state index contributed by atoms with van der Waals surface area (Å²) in [5.41, 5.74) is 6.59. The fourth-order valence-corrected chi connectivity index (χ4v) is 2.63. The molecule has 2 rings (SSSR count). The van der Waals surface area contributed by atoms with Crippen LogP contribution in [0.4, 0.5) is 8.78 Å². The molecule has 0 aromatic heterocycles. The maximum absolute atomic E-state index is 13.4. The summed E-state index contributed by atoms with van der Waals surface area (Å²) in [5.74, 6) is 0.423. The van der Waals surface area contributed by atoms with Gasteiger partial charge in [0.15, 0.2) is 0 Å². The SMILES string of the molecule is NCc1cccc(OCCCSc2ccc(F)cc2F)c1. The highest BCUT2D eigenvalue weighted by Crippen LogP contribution is 2.23. The second kappa shape index (κ2) is 8.00. The molecule has 21 heavy (non-hydrogen) atoms. The molecule has 2 N–H and O–H groups in total. The summed E-state index contributed by atoms with van der Waals surface area (Å²) < 4.78 is 31.8. The van der Waals surface area contributed by atoms with Crippen molar-refractivity contribution in [1.82, 2.24) is 0 Å². The Morgan fingerprint density at radius 3 is 2.71 bits per heavy atom. The molecule has 0 aliphatic heterocycles. The zero-order chi connectivity index (χ0) is 15.1. The standard InChI is InChI=1S/C16H17F2NOS/c17-13-5-6-16(15(18)10-13)21-8-2-7-20-14-4-1-3-12(9-14)11-19/h1,3-6,9-10H,2,7-8,11,19H2. The average Bonchev–Trinajstić information content (AvgIpc) is 2.49. The molecule has 2 nitrogen and oxygen atoms in total. The summed E-state index contributed by atoms with van der Waals surface area (Å²) in [7, 11) is 0. The van der Waals surface area contributed by atoms with Crippen LogP contribution in [0.3, 0.4) is 0 Å². The van der Waals surface area contributed by atoms with Crippen molar-refractivity contribution < 1.29 is 13.5 Å². The number of thioether (sulfide) groups is 1. The van der Waals surface area contributed by atoms with Crippen molar-refractivity contribution in [2.24, 2.45) is 5.73 Å². The lowest BCUT2D eigenvalue weighted by Crippen LogP contribution is -2.01. The largest absolute Gasteiger partial charge is 0.494 e. The van der Waals surface area contributed by atoms with Crippen molar-refractivity contribution >= 4 is 11.8 Å². The zero-order valence-electron chi connectivity index (χ0n) is 11.5. The van der Waals surface area contributed by atoms with Gasteiger partial charge in [0.25, 0.3) is 0 Å². The van der Waals surface area contributed by atoms with E-state index in [2.05, 4.69) is 0 Å². The van der Waals surface area contributed by atoms with E-state index in [-0.39, 0.29) is 0 Å². The smallest absolute Gasteiger partial charge is 0.139 e. The fourth-order valence-electron chi connectivity index (χ4n) is 1.79. The van der Waals surface area contributed by atoms with Crippen LogP contribution in [0.2, 0.25) is 0 Å². The number of hydrogen-bond donors (Lipinski definition) is 1. The van der Waals surface area contributed by atoms with Gasteiger partial charge in [0, 0.05) is 23.3 Å². The number of rotatable bonds is 7. The molecule has 5 heteroatoms. The average molecular weight is 309 g/mol. The highest BCUT2D eigenvalue weighted by atomic mass is 32.2. The Labute approximate surface area is 127 Å². The van der Waals surface area contributed by atoms with Gasteiger partial charge in [-0.05, 0) is 36.2 Å². The molecule has 0 saturated carbocycles. The minimum atomic E-state index is -0.556. The van der Waals surface area contributed by atoms with Gasteiger partial charge in [0.2, 0.25) is 0 Å². The third-order valence-electron chi connectivity index (χ3n) is 2.84. The molecule has 0 saturated heterocycles. The van der Waals surface area contributed by atoms with Crippen molar-refractivity contribution in [2.75, 3.05) is 12.4 Å². The monoisotopic (exact) mass is 309 g/mol. The van der Waals surface area contributed by atoms with E-state index >= 15 is 0 Å². The molecule has 0 aliphatic carbocycles. The predicted molar refractivity (Wildman–Crippen MR) is 81.5 cm³/mol. The van der Waals surface area contributed by atoms with Crippen LogP contribution in [0, 0.1) is 11.6 Å². The van der Waals surface area contributed by atoms with Crippen molar-refractivity contribution in [2.45, 2.75) is 17.9 Å². The van der Waals surface area contributed by atoms with Crippen molar-refractivity contribution in [3.05, 3.63) is 59.7 Å². The molecule has 0 aliphatic rings. The van der Waals surface area contributed by atoms with Gasteiger partial charge in [0.05, 0.1) is 6.61 Å². The van der Waals surface area contributed by atoms with E-state index in [1.165, 1.54) is 23.9 Å². The van der Waals surface area contributed by atoms with Crippen LogP contribution >= 0.6 is 11.8 Å². The van der Waals surface area contributed by atoms with Crippen LogP contribution in [0.15, 0.2) is 47.4 Å². The first-order chi connectivity index (χ1) is 10.2. The molecule has 0 radical (unpaired) electrons. The molecular formula is C16H17F2NOS. The second-order valence-corrected chi connectivity index (χ2v) is 5.61. The molecule has 0 unspecified atom stereocenters. The minimum absolute atomic E-state index is 0.460. The molecule has 112 valence electrons. The number of hydrogen-bond acceptors (Lipinski definition) is 3. The second-order valence-electron chi connectivity index (χ2n) is 4.48. The van der Waals surface area contributed by atoms with Gasteiger partial charge in [0.1, 0.15) is 17.4 Å². The number of benzene rings is 2. The van der Waals surface area contributed by atoms with Crippen LogP contribution in [0.25, 0.3) is 0 Å². The molecule has 0 fully saturated rings. The molecule has 0 spiro atoms. The molecule has 2 aromatic carbocycles. The lowest BCUT2D eigenvalue weighted by molar-refractivity contribution is 0.318. The maximum atomic E-state index is 13.4. The summed E-state index contributed by atoms with van der Waals surface area (Å²) in [6.07, 6.45) is 0.772. The lowest BCUT2D eigenvalue weighted by atomic mass is 10.2. The topological polar surface area (TPSA) is 35.2 Å². The van der Waals surface area contributed by atoms with E-state index in [0.29, 0.717) is 23.8 Å². The third-order valence-corrected chi connectivity index (χ3v) is 3.98. The van der Waals surface area contributed by atoms with E-state index in [0.717, 1.165) is 23.8 Å². The summed E-state index contributed by atoms with van der Waals surface area (Å²) in [5, 5.41) is 0. The van der Waals surface area contributed by atoms with Crippen LogP contribution in [0.1, 0.15) is 12.0 Å². The molecule has 0 bridgehead atoms. The maximum Gasteiger partial charge on any atom is 0.139 e. The highest BCUT2D eigenvalue weighted by molar-refractivity contribution is 7.99. The zero-order valence-corrected chi connectivity index (χ0v) is 12.3. The number of halogens is 2. The third kappa shape index (κ3) is 5.02. The lowest BCUT2D eigenvalue weighted by Gasteiger charge is -2.07. The van der Waals surface area contributed by atoms with Crippen molar-refractivity contribution in [3.8, 4) is 5.75 Å². The summed E-state index contributed by atoms with van der Waals surface area (Å²) in [6, 6.07) is 11.3. The summed E-state index contributed by atoms with van der Waals surface area (Å²) >= 11 is 1.36.